The van der Waals surface area contributed by atoms with Crippen molar-refractivity contribution in [3.05, 3.63) is 23.8 Å². The second-order valence-corrected chi connectivity index (χ2v) is 6.42. The third-order valence-corrected chi connectivity index (χ3v) is 5.31. The first-order valence-corrected chi connectivity index (χ1v) is 7.82. The minimum Gasteiger partial charge on any atom is -0.395 e. The number of hydrogen-bond acceptors (Lipinski definition) is 3. The van der Waals surface area contributed by atoms with Crippen molar-refractivity contribution in [1.82, 2.24) is 0 Å². The normalized spacial score (nSPS) is 18.3. The van der Waals surface area contributed by atoms with Gasteiger partial charge in [0, 0.05) is 17.4 Å². The molecule has 19 heavy (non-hydrogen) atoms. The monoisotopic (exact) mass is 286 g/mol. The summed E-state index contributed by atoms with van der Waals surface area (Å²) in [7, 11) is 0. The van der Waals surface area contributed by atoms with Gasteiger partial charge in [0.2, 0.25) is 0 Å². The highest BCUT2D eigenvalue weighted by Gasteiger charge is 2.31. The molecule has 1 aromatic carbocycles. The number of anilines is 2. The van der Waals surface area contributed by atoms with Crippen LogP contribution in [0.5, 0.6) is 0 Å². The summed E-state index contributed by atoms with van der Waals surface area (Å²) in [5.74, 6) is -1.31. The average Bonchev–Trinajstić information content (AvgIpc) is 2.42. The van der Waals surface area contributed by atoms with Gasteiger partial charge in [0.25, 0.3) is 0 Å². The summed E-state index contributed by atoms with van der Waals surface area (Å²) >= 11 is 1.84. The molecule has 5 heteroatoms. The Balaban J connectivity index is 2.09. The van der Waals surface area contributed by atoms with Gasteiger partial charge in [-0.2, -0.15) is 11.8 Å². The summed E-state index contributed by atoms with van der Waals surface area (Å²) in [5.41, 5.74) is 5.99. The summed E-state index contributed by atoms with van der Waals surface area (Å²) in [6.07, 6.45) is 8.09. The molecule has 0 unspecified atom stereocenters. The highest BCUT2D eigenvalue weighted by atomic mass is 32.2. The summed E-state index contributed by atoms with van der Waals surface area (Å²) in [5, 5.41) is 3.13. The number of thioether (sulfide) groups is 1. The second-order valence-electron chi connectivity index (χ2n) is 5.15. The summed E-state index contributed by atoms with van der Waals surface area (Å²) in [6, 6.07) is 2.07. The lowest BCUT2D eigenvalue weighted by atomic mass is 9.88. The Morgan fingerprint density at radius 1 is 1.26 bits per heavy atom. The first kappa shape index (κ1) is 14.4. The van der Waals surface area contributed by atoms with Crippen LogP contribution in [-0.2, 0) is 0 Å². The fourth-order valence-electron chi connectivity index (χ4n) is 2.64. The molecule has 0 heterocycles. The molecule has 0 atom stereocenters. The lowest BCUT2D eigenvalue weighted by Crippen LogP contribution is -2.35. The van der Waals surface area contributed by atoms with Crippen molar-refractivity contribution in [2.24, 2.45) is 0 Å². The van der Waals surface area contributed by atoms with Gasteiger partial charge in [-0.1, -0.05) is 19.3 Å². The van der Waals surface area contributed by atoms with Crippen LogP contribution in [0.2, 0.25) is 0 Å². The number of halogens is 2. The Kier molecular flexibility index (Phi) is 4.55. The van der Waals surface area contributed by atoms with Crippen molar-refractivity contribution in [3.8, 4) is 0 Å². The van der Waals surface area contributed by atoms with Crippen molar-refractivity contribution < 1.29 is 8.78 Å². The van der Waals surface area contributed by atoms with Crippen molar-refractivity contribution in [2.45, 2.75) is 36.9 Å². The smallest absolute Gasteiger partial charge is 0.151 e. The average molecular weight is 286 g/mol. The van der Waals surface area contributed by atoms with Gasteiger partial charge in [-0.25, -0.2) is 8.78 Å². The Hall–Kier alpha value is -0.970. The molecular formula is C14H20F2N2S. The van der Waals surface area contributed by atoms with Crippen LogP contribution in [0, 0.1) is 11.6 Å². The largest absolute Gasteiger partial charge is 0.395 e. The van der Waals surface area contributed by atoms with E-state index in [0.29, 0.717) is 12.2 Å². The van der Waals surface area contributed by atoms with E-state index in [0.717, 1.165) is 18.9 Å². The molecule has 0 aromatic heterocycles. The number of nitrogen functional groups attached to an aromatic ring is 1. The molecule has 0 radical (unpaired) electrons. The number of hydrogen-bond donors (Lipinski definition) is 2. The van der Waals surface area contributed by atoms with Gasteiger partial charge in [0.15, 0.2) is 5.82 Å². The molecular weight excluding hydrogens is 266 g/mol. The third-order valence-electron chi connectivity index (χ3n) is 3.89. The van der Waals surface area contributed by atoms with Crippen LogP contribution in [0.25, 0.3) is 0 Å². The van der Waals surface area contributed by atoms with Crippen molar-refractivity contribution >= 4 is 23.1 Å². The van der Waals surface area contributed by atoms with E-state index in [9.17, 15) is 8.78 Å². The van der Waals surface area contributed by atoms with Gasteiger partial charge in [-0.3, -0.25) is 0 Å². The molecule has 1 saturated carbocycles. The number of nitrogens with two attached hydrogens (primary N) is 1. The van der Waals surface area contributed by atoms with Gasteiger partial charge < -0.3 is 11.1 Å². The maximum atomic E-state index is 13.4. The Bertz CT molecular complexity index is 445. The fraction of sp³-hybridized carbons (Fsp3) is 0.571. The van der Waals surface area contributed by atoms with Crippen LogP contribution in [0.3, 0.4) is 0 Å². The van der Waals surface area contributed by atoms with Gasteiger partial charge in [0.1, 0.15) is 5.82 Å². The topological polar surface area (TPSA) is 38.0 Å². The zero-order valence-electron chi connectivity index (χ0n) is 11.1. The zero-order valence-corrected chi connectivity index (χ0v) is 12.0. The van der Waals surface area contributed by atoms with E-state index in [4.69, 9.17) is 5.73 Å². The van der Waals surface area contributed by atoms with Crippen LogP contribution in [0.1, 0.15) is 32.1 Å². The molecule has 1 fully saturated rings. The quantitative estimate of drug-likeness (QED) is 0.821. The van der Waals surface area contributed by atoms with Crippen molar-refractivity contribution in [1.29, 1.82) is 0 Å². The van der Waals surface area contributed by atoms with Crippen LogP contribution in [0.15, 0.2) is 12.1 Å². The molecule has 0 spiro atoms. The SMILES string of the molecule is CSC1(CNc2cc(F)cc(F)c2N)CCCCC1. The third kappa shape index (κ3) is 3.32. The predicted octanol–water partition coefficient (Wildman–Crippen LogP) is 4.02. The van der Waals surface area contributed by atoms with Gasteiger partial charge in [0.05, 0.1) is 11.4 Å². The molecule has 1 aromatic rings. The molecule has 1 aliphatic rings. The zero-order chi connectivity index (χ0) is 13.9. The van der Waals surface area contributed by atoms with Gasteiger partial charge in [-0.05, 0) is 25.2 Å². The van der Waals surface area contributed by atoms with Gasteiger partial charge in [-0.15, -0.1) is 0 Å². The molecule has 0 amide bonds. The highest BCUT2D eigenvalue weighted by Crippen LogP contribution is 2.39. The maximum Gasteiger partial charge on any atom is 0.151 e. The number of nitrogens with one attached hydrogen (secondary N) is 1. The second kappa shape index (κ2) is 5.99. The Labute approximate surface area is 117 Å². The number of rotatable bonds is 4. The molecule has 0 aliphatic heterocycles. The Morgan fingerprint density at radius 3 is 2.58 bits per heavy atom. The molecule has 2 nitrogen and oxygen atoms in total. The fourth-order valence-corrected chi connectivity index (χ4v) is 3.55. The van der Waals surface area contributed by atoms with Crippen LogP contribution < -0.4 is 11.1 Å². The minimum absolute atomic E-state index is 0.00605. The van der Waals surface area contributed by atoms with Crippen LogP contribution in [0.4, 0.5) is 20.2 Å². The molecule has 0 saturated heterocycles. The molecule has 2 rings (SSSR count). The lowest BCUT2D eigenvalue weighted by Gasteiger charge is -2.36. The lowest BCUT2D eigenvalue weighted by molar-refractivity contribution is 0.411. The van der Waals surface area contributed by atoms with Crippen molar-refractivity contribution in [2.75, 3.05) is 23.9 Å². The molecule has 106 valence electrons. The van der Waals surface area contributed by atoms with E-state index in [2.05, 4.69) is 11.6 Å². The maximum absolute atomic E-state index is 13.4. The standard InChI is InChI=1S/C14H20F2N2S/c1-19-14(5-3-2-4-6-14)9-18-12-8-10(15)7-11(16)13(12)17/h7-8,18H,2-6,9,17H2,1H3. The van der Waals surface area contributed by atoms with E-state index >= 15 is 0 Å². The Morgan fingerprint density at radius 2 is 1.95 bits per heavy atom. The highest BCUT2D eigenvalue weighted by molar-refractivity contribution is 8.00. The summed E-state index contributed by atoms with van der Waals surface area (Å²) in [6.45, 7) is 0.696. The summed E-state index contributed by atoms with van der Waals surface area (Å²) < 4.78 is 26.7. The van der Waals surface area contributed by atoms with E-state index in [1.807, 2.05) is 11.8 Å². The van der Waals surface area contributed by atoms with Crippen molar-refractivity contribution in [3.63, 3.8) is 0 Å². The van der Waals surface area contributed by atoms with E-state index in [1.165, 1.54) is 25.3 Å². The van der Waals surface area contributed by atoms with Crippen LogP contribution in [-0.4, -0.2) is 17.5 Å². The number of benzene rings is 1. The van der Waals surface area contributed by atoms with E-state index < -0.39 is 11.6 Å². The van der Waals surface area contributed by atoms with Gasteiger partial charge >= 0.3 is 0 Å². The first-order chi connectivity index (χ1) is 9.06. The first-order valence-electron chi connectivity index (χ1n) is 6.60. The van der Waals surface area contributed by atoms with Crippen LogP contribution >= 0.6 is 11.8 Å². The van der Waals surface area contributed by atoms with E-state index in [-0.39, 0.29) is 10.4 Å². The molecule has 0 bridgehead atoms. The minimum atomic E-state index is -0.704. The van der Waals surface area contributed by atoms with E-state index in [1.54, 1.807) is 0 Å². The molecule has 1 aliphatic carbocycles. The predicted molar refractivity (Wildman–Crippen MR) is 78.6 cm³/mol. The molecule has 3 N–H and O–H groups in total. The summed E-state index contributed by atoms with van der Waals surface area (Å²) in [4.78, 5) is 0.